The molecule has 19 rings (SSSR count). The number of hydrogen-bond acceptors (Lipinski definition) is 22. The van der Waals surface area contributed by atoms with Crippen LogP contribution in [0.25, 0.3) is 66.2 Å². The van der Waals surface area contributed by atoms with Gasteiger partial charge in [0.25, 0.3) is 0 Å². The fourth-order valence-electron chi connectivity index (χ4n) is 13.9. The minimum atomic E-state index is -0.388. The number of hydrogen-bond donors (Lipinski definition) is 9. The van der Waals surface area contributed by atoms with Gasteiger partial charge in [0.15, 0.2) is 23.3 Å². The molecule has 1 aliphatic heterocycles. The average Bonchev–Trinajstić information content (AvgIpc) is 1.73. The number of nitrogen functional groups attached to an aromatic ring is 6. The van der Waals surface area contributed by atoms with Gasteiger partial charge in [0.1, 0.15) is 41.2 Å². The summed E-state index contributed by atoms with van der Waals surface area (Å²) in [5.74, 6) is -0.0729. The third-order valence-corrected chi connectivity index (χ3v) is 21.0. The van der Waals surface area contributed by atoms with Gasteiger partial charge in [-0.2, -0.15) is 0 Å². The molecule has 137 heavy (non-hydrogen) atoms. The van der Waals surface area contributed by atoms with E-state index in [0.717, 1.165) is 119 Å². The van der Waals surface area contributed by atoms with E-state index in [1.54, 1.807) is 175 Å². The number of aliphatic hydroxyl groups excluding tert-OH is 2. The Morgan fingerprint density at radius 3 is 1.03 bits per heavy atom. The number of carbonyl (C=O) groups is 4. The van der Waals surface area contributed by atoms with Crippen LogP contribution in [0.1, 0.15) is 121 Å². The molecule has 0 unspecified atom stereocenters. The number of nitrogens with two attached hydrogens (primary N) is 6. The molecule has 0 radical (unpaired) electrons. The molecule has 0 saturated carbocycles. The number of aromatic nitrogens is 12. The molecule has 12 aromatic carbocycles. The van der Waals surface area contributed by atoms with Gasteiger partial charge in [-0.25, -0.2) is 70.6 Å². The first kappa shape index (κ1) is 104. The Morgan fingerprint density at radius 1 is 0.372 bits per heavy atom. The molecule has 0 spiro atoms. The maximum Gasteiger partial charge on any atom is 1.00 e. The van der Waals surface area contributed by atoms with E-state index < -0.39 is 0 Å². The van der Waals surface area contributed by atoms with Gasteiger partial charge in [-0.3, -0.25) is 4.79 Å². The zero-order chi connectivity index (χ0) is 96.2. The standard InChI is InChI=1S/2C17H16FN3O2.2C15H14FN3O.C15H12FN3O.C10H11N3O2.C7H6ClF.C4H8O.Al.Li.4H/c1-2-23-16(22)12-5-8-15-14(9-12)20-17(19)21(15)10-11-3-6-13(18)7-4-11;1-2-23-16(22)12-5-8-14-15(9-12)21(17(19)20-14)10-11-3-6-13(18)7-4-11;16-12-4-1-10(2-5-12)8-19-14-6-3-11(9-20)7-13(14)18-15(19)17;2*16-12-4-1-10(2-5-12)8-19-14-7-11(9-20)3-6-13(14)18-15(19)17;1-2-15-9(14)6-3-4-7-8(5-6)13-10(11)12-7;8-5-6-1-3-7(9)4-2-6;1-2-4-5-3-1;;;;;;/h2*3-9H,2,10H2,1H3,(H2,19,20);2*1-7,20H,8-9H2,(H2,17,18);1-7,9H,8H2,(H2,17,18);3-5H,2H2,1H3,(H3,11,12,13);1-4H,5H2;1-4H2;;;;;;/q;;;;;;;;;+1;;;;-1. The van der Waals surface area contributed by atoms with Crippen LogP contribution in [-0.2, 0) is 70.8 Å². The fraction of sp³-hybridized carbons (Fsp3) is 0.180. The van der Waals surface area contributed by atoms with Crippen molar-refractivity contribution >= 4 is 155 Å². The Bertz CT molecular complexity index is 7070. The zero-order valence-corrected chi connectivity index (χ0v) is 75.4. The maximum atomic E-state index is 13.0. The number of fused-ring (bicyclic) bond motifs is 6. The molecular formula is C100H101AlClF6LiN18O10. The van der Waals surface area contributed by atoms with E-state index in [-0.39, 0.29) is 104 Å². The summed E-state index contributed by atoms with van der Waals surface area (Å²) in [6, 6.07) is 68.9. The number of carbonyl (C=O) groups excluding carboxylic acids is 4. The monoisotopic (exact) mass is 1900 g/mol. The number of alkyl halides is 1. The second-order valence-corrected chi connectivity index (χ2v) is 30.5. The molecule has 37 heteroatoms. The first-order chi connectivity index (χ1) is 65.2. The molecule has 28 nitrogen and oxygen atoms in total. The predicted octanol–water partition coefficient (Wildman–Crippen LogP) is 13.8. The van der Waals surface area contributed by atoms with E-state index in [1.165, 1.54) is 85.6 Å². The van der Waals surface area contributed by atoms with Crippen molar-refractivity contribution in [2.45, 2.75) is 85.4 Å². The van der Waals surface area contributed by atoms with Crippen LogP contribution in [0.5, 0.6) is 0 Å². The number of aliphatic hydroxyl groups is 2. The number of imidazole rings is 6. The summed E-state index contributed by atoms with van der Waals surface area (Å²) >= 11 is 5.46. The van der Waals surface area contributed by atoms with Crippen LogP contribution in [0, 0.1) is 34.9 Å². The van der Waals surface area contributed by atoms with Crippen molar-refractivity contribution in [2.24, 2.45) is 0 Å². The molecule has 0 aliphatic carbocycles. The summed E-state index contributed by atoms with van der Waals surface area (Å²) in [4.78, 5) is 74.2. The molecule has 0 atom stereocenters. The van der Waals surface area contributed by atoms with Gasteiger partial charge in [0.2, 0.25) is 29.7 Å². The number of benzene rings is 12. The van der Waals surface area contributed by atoms with Gasteiger partial charge in [0, 0.05) is 24.7 Å². The average molecular weight is 1900 g/mol. The van der Waals surface area contributed by atoms with E-state index in [4.69, 9.17) is 70.1 Å². The van der Waals surface area contributed by atoms with Crippen molar-refractivity contribution in [3.8, 4) is 0 Å². The van der Waals surface area contributed by atoms with Gasteiger partial charge in [0.05, 0.1) is 149 Å². The van der Waals surface area contributed by atoms with Crippen molar-refractivity contribution in [3.05, 3.63) is 356 Å². The van der Waals surface area contributed by atoms with Crippen LogP contribution < -0.4 is 53.3 Å². The summed E-state index contributed by atoms with van der Waals surface area (Å²) in [5.41, 5.74) is 53.4. The van der Waals surface area contributed by atoms with Gasteiger partial charge in [-0.1, -0.05) is 84.9 Å². The number of halogens is 7. The second-order valence-electron chi connectivity index (χ2n) is 30.2. The number of ether oxygens (including phenoxy) is 4. The van der Waals surface area contributed by atoms with E-state index in [9.17, 15) is 50.6 Å². The van der Waals surface area contributed by atoms with Gasteiger partial charge in [-0.05, 0) is 248 Å². The number of aldehydes is 1. The normalized spacial score (nSPS) is 11.1. The van der Waals surface area contributed by atoms with Crippen molar-refractivity contribution in [3.63, 3.8) is 0 Å². The Morgan fingerprint density at radius 2 is 0.664 bits per heavy atom. The van der Waals surface area contributed by atoms with Crippen molar-refractivity contribution in [1.82, 2.24) is 57.7 Å². The minimum absolute atomic E-state index is 0. The topological polar surface area (TPSA) is 420 Å². The van der Waals surface area contributed by atoms with Crippen LogP contribution in [-0.4, -0.2) is 143 Å². The van der Waals surface area contributed by atoms with Gasteiger partial charge >= 0.3 is 36.8 Å². The van der Waals surface area contributed by atoms with Gasteiger partial charge < -0.3 is 92.8 Å². The molecule has 18 aromatic rings. The number of esters is 3. The number of nitrogens with zero attached hydrogens (tertiary/aromatic N) is 11. The van der Waals surface area contributed by atoms with Crippen LogP contribution >= 0.6 is 11.6 Å². The molecule has 7 heterocycles. The third-order valence-electron chi connectivity index (χ3n) is 20.7. The number of rotatable bonds is 20. The molecule has 704 valence electrons. The molecule has 1 fully saturated rings. The van der Waals surface area contributed by atoms with Crippen molar-refractivity contribution in [2.75, 3.05) is 67.4 Å². The first-order valence-corrected chi connectivity index (χ1v) is 43.0. The summed E-state index contributed by atoms with van der Waals surface area (Å²) in [6.45, 7) is 10.6. The number of aromatic amines is 1. The SMILES string of the molecule is C1CCOC1.CCOC(=O)c1ccc2c(c1)nc(N)n2Cc1ccc(F)cc1.CCOC(=O)c1ccc2nc(N)[nH]c2c1.CCOC(=O)c1ccc2nc(N)n(Cc3ccc(F)cc3)c2c1.Fc1ccc(CCl)cc1.Nc1nc2cc(CO)ccc2n1Cc1ccc(F)cc1.Nc1nc2ccc(C=O)cc2n1Cc1ccc(F)cc1.Nc1nc2ccc(CO)cc2n1Cc1ccc(F)cc1.[AlH3].[H-].[Li+]. The zero-order valence-electron chi connectivity index (χ0n) is 75.6. The van der Waals surface area contributed by atoms with Crippen LogP contribution in [0.15, 0.2) is 255 Å². The maximum absolute atomic E-state index is 13.0. The Hall–Kier alpha value is -14.8. The Balaban J connectivity index is 0.000000180. The van der Waals surface area contributed by atoms with Crippen LogP contribution in [0.3, 0.4) is 0 Å². The Kier molecular flexibility index (Phi) is 38.5. The number of H-pyrrole nitrogens is 1. The third kappa shape index (κ3) is 28.7. The molecule has 15 N–H and O–H groups in total. The molecule has 1 aliphatic rings. The number of nitrogens with one attached hydrogen (secondary N) is 1. The minimum Gasteiger partial charge on any atom is -1.00 e. The summed E-state index contributed by atoms with van der Waals surface area (Å²) < 4.78 is 106. The molecule has 6 aromatic heterocycles. The smallest absolute Gasteiger partial charge is 1.00 e. The molecule has 0 bridgehead atoms. The second kappa shape index (κ2) is 50.5. The summed E-state index contributed by atoms with van der Waals surface area (Å²) in [7, 11) is 0. The molecule has 0 amide bonds. The quantitative estimate of drug-likeness (QED) is 0.00854. The van der Waals surface area contributed by atoms with Crippen LogP contribution in [0.4, 0.5) is 62.0 Å². The van der Waals surface area contributed by atoms with Crippen molar-refractivity contribution in [1.29, 1.82) is 0 Å². The molecule has 1 saturated heterocycles. The van der Waals surface area contributed by atoms with Crippen LogP contribution in [0.2, 0.25) is 0 Å². The van der Waals surface area contributed by atoms with Crippen molar-refractivity contribution < 1.29 is 95.0 Å². The Labute approximate surface area is 812 Å². The summed E-state index contributed by atoms with van der Waals surface area (Å²) in [5, 5.41) is 18.3. The predicted molar refractivity (Wildman–Crippen MR) is 521 cm³/mol. The van der Waals surface area contributed by atoms with E-state index in [1.807, 2.05) is 50.1 Å². The van der Waals surface area contributed by atoms with E-state index in [0.29, 0.717) is 127 Å². The fourth-order valence-corrected chi connectivity index (χ4v) is 14.1. The van der Waals surface area contributed by atoms with Gasteiger partial charge in [-0.15, -0.1) is 11.6 Å². The van der Waals surface area contributed by atoms with E-state index in [2.05, 4.69) is 34.9 Å². The largest absolute Gasteiger partial charge is 1.00 e. The first-order valence-electron chi connectivity index (χ1n) is 42.5. The van der Waals surface area contributed by atoms with E-state index >= 15 is 0 Å². The summed E-state index contributed by atoms with van der Waals surface area (Å²) in [6.07, 6.45) is 3.34. The molecular weight excluding hydrogens is 1800 g/mol. The number of anilines is 6.